The lowest BCUT2D eigenvalue weighted by atomic mass is 10.2. The van der Waals surface area contributed by atoms with E-state index in [0.29, 0.717) is 30.3 Å². The zero-order valence-corrected chi connectivity index (χ0v) is 21.7. The number of carboxylic acid groups (broad SMARTS) is 1. The summed E-state index contributed by atoms with van der Waals surface area (Å²) in [7, 11) is 0. The molecule has 0 fully saturated rings. The largest absolute Gasteiger partial charge is 0.478 e. The summed E-state index contributed by atoms with van der Waals surface area (Å²) in [6, 6.07) is 10.0. The summed E-state index contributed by atoms with van der Waals surface area (Å²) >= 11 is 0. The van der Waals surface area contributed by atoms with Crippen LogP contribution in [0, 0.1) is 5.92 Å². The molecule has 0 bridgehead atoms. The fourth-order valence-electron chi connectivity index (χ4n) is 1.39. The number of carbonyl (C=O) groups is 3. The zero-order valence-electron chi connectivity index (χ0n) is 21.7. The van der Waals surface area contributed by atoms with E-state index in [1.54, 1.807) is 13.8 Å². The molecule has 34 heavy (non-hydrogen) atoms. The molecule has 1 aromatic carbocycles. The molecule has 1 aromatic rings. The summed E-state index contributed by atoms with van der Waals surface area (Å²) in [5, 5.41) is 7.89. The Balaban J connectivity index is -0.000000383. The number of carboxylic acids is 1. The first-order valence-corrected chi connectivity index (χ1v) is 11.0. The molecule has 0 spiro atoms. The van der Waals surface area contributed by atoms with E-state index in [2.05, 4.69) is 33.2 Å². The Morgan fingerprint density at radius 1 is 0.912 bits per heavy atom. The molecule has 0 aliphatic carbocycles. The smallest absolute Gasteiger partial charge is 0.333 e. The van der Waals surface area contributed by atoms with E-state index < -0.39 is 5.97 Å². The number of ether oxygens (including phenoxy) is 2. The van der Waals surface area contributed by atoms with Crippen LogP contribution in [0.15, 0.2) is 73.4 Å². The van der Waals surface area contributed by atoms with Crippen molar-refractivity contribution < 1.29 is 29.0 Å². The lowest BCUT2D eigenvalue weighted by Crippen LogP contribution is -2.09. The molecule has 0 aliphatic heterocycles. The highest BCUT2D eigenvalue weighted by Gasteiger charge is 2.03. The van der Waals surface area contributed by atoms with Gasteiger partial charge in [0.1, 0.15) is 0 Å². The molecule has 0 aromatic heterocycles. The summed E-state index contributed by atoms with van der Waals surface area (Å²) in [5.74, 6) is -1.12. The van der Waals surface area contributed by atoms with E-state index >= 15 is 0 Å². The monoisotopic (exact) mass is 474 g/mol. The second kappa shape index (κ2) is 22.8. The van der Waals surface area contributed by atoms with Crippen LogP contribution in [0.3, 0.4) is 0 Å². The van der Waals surface area contributed by atoms with Gasteiger partial charge in [-0.15, -0.1) is 0 Å². The molecule has 0 aliphatic rings. The average Bonchev–Trinajstić information content (AvgIpc) is 2.79. The molecular weight excluding hydrogens is 432 g/mol. The van der Waals surface area contributed by atoms with Crippen molar-refractivity contribution in [2.24, 2.45) is 5.92 Å². The molecule has 190 valence electrons. The highest BCUT2D eigenvalue weighted by Crippen LogP contribution is 1.98. The Bertz CT molecular complexity index is 763. The number of benzene rings is 1. The van der Waals surface area contributed by atoms with Gasteiger partial charge in [-0.1, -0.05) is 89.9 Å². The van der Waals surface area contributed by atoms with E-state index in [4.69, 9.17) is 14.6 Å². The third-order valence-electron chi connectivity index (χ3n) is 3.38. The lowest BCUT2D eigenvalue weighted by molar-refractivity contribution is -0.140. The molecule has 6 nitrogen and oxygen atoms in total. The lowest BCUT2D eigenvalue weighted by Gasteiger charge is -2.05. The maximum Gasteiger partial charge on any atom is 0.333 e. The van der Waals surface area contributed by atoms with Gasteiger partial charge in [0.2, 0.25) is 0 Å². The minimum atomic E-state index is -0.935. The molecule has 0 saturated carbocycles. The first-order valence-electron chi connectivity index (χ1n) is 11.0. The SMILES string of the molecule is C=C(C)C(=O)O.C=C(C)C(=O)OCC(C)C.C=C(C)C(=O)OCCCC.C=Cc1ccccc1. The Hall–Kier alpha value is -3.41. The van der Waals surface area contributed by atoms with Gasteiger partial charge in [0, 0.05) is 16.7 Å². The van der Waals surface area contributed by atoms with Crippen LogP contribution in [0.5, 0.6) is 0 Å². The summed E-state index contributed by atoms with van der Waals surface area (Å²) in [4.78, 5) is 31.0. The van der Waals surface area contributed by atoms with Gasteiger partial charge < -0.3 is 14.6 Å². The fourth-order valence-corrected chi connectivity index (χ4v) is 1.39. The average molecular weight is 475 g/mol. The molecule has 0 amide bonds. The summed E-state index contributed by atoms with van der Waals surface area (Å²) in [5.41, 5.74) is 2.28. The normalized spacial score (nSPS) is 8.79. The van der Waals surface area contributed by atoms with Crippen LogP contribution in [0.25, 0.3) is 6.08 Å². The molecule has 1 N–H and O–H groups in total. The molecule has 0 saturated heterocycles. The summed E-state index contributed by atoms with van der Waals surface area (Å²) in [6.07, 6.45) is 3.81. The van der Waals surface area contributed by atoms with E-state index in [9.17, 15) is 14.4 Å². The number of unbranched alkanes of at least 4 members (excludes halogenated alkanes) is 1. The number of hydrogen-bond donors (Lipinski definition) is 1. The van der Waals surface area contributed by atoms with Crippen LogP contribution in [0.1, 0.15) is 59.9 Å². The molecule has 0 radical (unpaired) electrons. The number of esters is 2. The highest BCUT2D eigenvalue weighted by atomic mass is 16.5. The molecular formula is C28H42O6. The predicted molar refractivity (Wildman–Crippen MR) is 140 cm³/mol. The fraction of sp³-hybridized carbons (Fsp3) is 0.393. The van der Waals surface area contributed by atoms with E-state index in [-0.39, 0.29) is 17.5 Å². The maximum atomic E-state index is 10.7. The first-order chi connectivity index (χ1) is 15.8. The third-order valence-corrected chi connectivity index (χ3v) is 3.38. The number of hydrogen-bond acceptors (Lipinski definition) is 5. The van der Waals surface area contributed by atoms with Crippen LogP contribution >= 0.6 is 0 Å². The van der Waals surface area contributed by atoms with Crippen molar-refractivity contribution in [3.05, 3.63) is 78.9 Å². The maximum absolute atomic E-state index is 10.7. The van der Waals surface area contributed by atoms with Gasteiger partial charge in [0.15, 0.2) is 0 Å². The van der Waals surface area contributed by atoms with Gasteiger partial charge in [0.25, 0.3) is 0 Å². The van der Waals surface area contributed by atoms with E-state index in [1.165, 1.54) is 12.5 Å². The second-order valence-electron chi connectivity index (χ2n) is 7.74. The van der Waals surface area contributed by atoms with Crippen molar-refractivity contribution in [1.29, 1.82) is 0 Å². The Morgan fingerprint density at radius 3 is 1.65 bits per heavy atom. The minimum absolute atomic E-state index is 0.176. The Labute approximate surface area is 205 Å². The summed E-state index contributed by atoms with van der Waals surface area (Å²) in [6.45, 7) is 25.5. The molecule has 1 rings (SSSR count). The first kappa shape index (κ1) is 35.2. The van der Waals surface area contributed by atoms with E-state index in [0.717, 1.165) is 12.8 Å². The van der Waals surface area contributed by atoms with Crippen LogP contribution in [0.4, 0.5) is 0 Å². The van der Waals surface area contributed by atoms with Crippen molar-refractivity contribution in [2.75, 3.05) is 13.2 Å². The molecule has 0 atom stereocenters. The zero-order chi connectivity index (χ0) is 27.1. The van der Waals surface area contributed by atoms with Crippen molar-refractivity contribution in [2.45, 2.75) is 54.4 Å². The standard InChI is InChI=1S/2C8H14O2.C8H8.C4H6O2/c1-6(2)5-10-8(9)7(3)4;1-4-5-6-10-8(9)7(2)3;1-2-8-6-4-3-5-7-8;1-3(2)4(5)6/h6H,3,5H2,1-2,4H3;2,4-6H2,1,3H3;2-7H,1H2;1H2,2H3,(H,5,6). The van der Waals surface area contributed by atoms with Gasteiger partial charge in [-0.3, -0.25) is 0 Å². The van der Waals surface area contributed by atoms with Crippen molar-refractivity contribution in [3.8, 4) is 0 Å². The minimum Gasteiger partial charge on any atom is -0.478 e. The molecule has 0 heterocycles. The summed E-state index contributed by atoms with van der Waals surface area (Å²) < 4.78 is 9.63. The quantitative estimate of drug-likeness (QED) is 0.245. The molecule has 6 heteroatoms. The van der Waals surface area contributed by atoms with Gasteiger partial charge >= 0.3 is 17.9 Å². The Kier molecular flexibility index (Phi) is 23.6. The van der Waals surface area contributed by atoms with Crippen LogP contribution < -0.4 is 0 Å². The van der Waals surface area contributed by atoms with Gasteiger partial charge in [-0.05, 0) is 38.7 Å². The van der Waals surface area contributed by atoms with E-state index in [1.807, 2.05) is 50.3 Å². The van der Waals surface area contributed by atoms with Gasteiger partial charge in [-0.2, -0.15) is 0 Å². The van der Waals surface area contributed by atoms with Crippen molar-refractivity contribution in [1.82, 2.24) is 0 Å². The topological polar surface area (TPSA) is 89.9 Å². The van der Waals surface area contributed by atoms with Gasteiger partial charge in [0.05, 0.1) is 13.2 Å². The van der Waals surface area contributed by atoms with Crippen LogP contribution in [0.2, 0.25) is 0 Å². The number of carbonyl (C=O) groups excluding carboxylic acids is 2. The molecule has 0 unspecified atom stereocenters. The highest BCUT2D eigenvalue weighted by molar-refractivity contribution is 5.87. The van der Waals surface area contributed by atoms with Gasteiger partial charge in [-0.25, -0.2) is 14.4 Å². The predicted octanol–water partition coefficient (Wildman–Crippen LogP) is 6.64. The number of aliphatic carboxylic acids is 1. The Morgan fingerprint density at radius 2 is 1.35 bits per heavy atom. The second-order valence-corrected chi connectivity index (χ2v) is 7.74. The van der Waals surface area contributed by atoms with Crippen molar-refractivity contribution in [3.63, 3.8) is 0 Å². The van der Waals surface area contributed by atoms with Crippen LogP contribution in [-0.4, -0.2) is 36.2 Å². The van der Waals surface area contributed by atoms with Crippen LogP contribution in [-0.2, 0) is 23.9 Å². The third kappa shape index (κ3) is 26.6. The number of rotatable bonds is 9. The van der Waals surface area contributed by atoms with Crippen molar-refractivity contribution >= 4 is 24.0 Å².